The van der Waals surface area contributed by atoms with Crippen molar-refractivity contribution in [2.75, 3.05) is 0 Å². The van der Waals surface area contributed by atoms with Gasteiger partial charge in [0, 0.05) is 11.3 Å². The van der Waals surface area contributed by atoms with Crippen LogP contribution in [0, 0.1) is 52.9 Å². The van der Waals surface area contributed by atoms with E-state index >= 15 is 8.78 Å². The Bertz CT molecular complexity index is 1520. The maximum absolute atomic E-state index is 15.3. The van der Waals surface area contributed by atoms with Gasteiger partial charge in [0.1, 0.15) is 23.3 Å². The van der Waals surface area contributed by atoms with Gasteiger partial charge in [-0.05, 0) is 109 Å². The minimum Gasteiger partial charge on any atom is -0.206 e. The molecule has 0 aromatic heterocycles. The molecule has 1 unspecified atom stereocenters. The van der Waals surface area contributed by atoms with Crippen LogP contribution in [-0.2, 0) is 0 Å². The van der Waals surface area contributed by atoms with Crippen LogP contribution in [0.5, 0.6) is 0 Å². The second-order valence-corrected chi connectivity index (χ2v) is 10.7. The van der Waals surface area contributed by atoms with E-state index in [0.29, 0.717) is 23.3 Å². The molecule has 0 amide bonds. The minimum atomic E-state index is -4.92. The van der Waals surface area contributed by atoms with E-state index in [4.69, 9.17) is 0 Å². The number of halogens is 7. The Hall–Kier alpha value is -3.53. The lowest BCUT2D eigenvalue weighted by atomic mass is 9.71. The van der Waals surface area contributed by atoms with E-state index in [1.807, 2.05) is 6.08 Å². The lowest BCUT2D eigenvalue weighted by Crippen LogP contribution is -2.22. The average molecular weight is 557 g/mol. The van der Waals surface area contributed by atoms with Gasteiger partial charge in [-0.2, -0.15) is 13.2 Å². The summed E-state index contributed by atoms with van der Waals surface area (Å²) in [5.41, 5.74) is 0.0519. The third-order valence-electron chi connectivity index (χ3n) is 8.33. The molecule has 0 heterocycles. The Morgan fingerprint density at radius 3 is 2.10 bits per heavy atom. The van der Waals surface area contributed by atoms with Crippen molar-refractivity contribution in [1.82, 2.24) is 0 Å². The van der Waals surface area contributed by atoms with E-state index in [0.717, 1.165) is 42.9 Å². The van der Waals surface area contributed by atoms with Crippen LogP contribution >= 0.6 is 0 Å². The molecule has 0 aliphatic heterocycles. The SMILES string of the molecule is C=CC1CCC(C2CC=C(c3cc(F)c(-c4ccc5c(F)c(C#CC(F)(F)F)c(F)cc5c4)c(F)c3)CC2)CC1. The van der Waals surface area contributed by atoms with Gasteiger partial charge in [-0.1, -0.05) is 30.2 Å². The maximum Gasteiger partial charge on any atom is 0.458 e. The quantitative estimate of drug-likeness (QED) is 0.170. The number of fused-ring (bicyclic) bond motifs is 1. The molecule has 2 aliphatic carbocycles. The predicted octanol–water partition coefficient (Wildman–Crippen LogP) is 10.2. The largest absolute Gasteiger partial charge is 0.458 e. The van der Waals surface area contributed by atoms with Crippen LogP contribution in [0.4, 0.5) is 30.7 Å². The van der Waals surface area contributed by atoms with E-state index in [9.17, 15) is 22.0 Å². The monoisotopic (exact) mass is 556 g/mol. The second kappa shape index (κ2) is 11.2. The summed E-state index contributed by atoms with van der Waals surface area (Å²) in [6.45, 7) is 3.90. The molecule has 0 nitrogen and oxygen atoms in total. The first-order valence-electron chi connectivity index (χ1n) is 13.4. The van der Waals surface area contributed by atoms with Crippen molar-refractivity contribution in [1.29, 1.82) is 0 Å². The zero-order valence-corrected chi connectivity index (χ0v) is 21.7. The standard InChI is InChI=1S/C33H27F7/c1-2-19-3-5-20(6-4-19)21-7-9-22(10-8-21)24-16-29(35)31(30(36)17-24)23-11-12-26-25(15-23)18-28(34)27(32(26)37)13-14-33(38,39)40/h2,9,11-12,15-21H,1,3-8,10H2. The summed E-state index contributed by atoms with van der Waals surface area (Å²) in [7, 11) is 0. The Kier molecular flexibility index (Phi) is 7.81. The van der Waals surface area contributed by atoms with Gasteiger partial charge in [-0.15, -0.1) is 6.58 Å². The highest BCUT2D eigenvalue weighted by atomic mass is 19.4. The number of allylic oxidation sites excluding steroid dienone is 3. The van der Waals surface area contributed by atoms with Crippen LogP contribution in [0.2, 0.25) is 0 Å². The van der Waals surface area contributed by atoms with Crippen molar-refractivity contribution in [3.63, 3.8) is 0 Å². The van der Waals surface area contributed by atoms with Gasteiger partial charge in [0.25, 0.3) is 0 Å². The molecule has 40 heavy (non-hydrogen) atoms. The van der Waals surface area contributed by atoms with Crippen LogP contribution in [0.15, 0.2) is 55.1 Å². The molecule has 208 valence electrons. The van der Waals surface area contributed by atoms with Crippen molar-refractivity contribution < 1.29 is 30.7 Å². The van der Waals surface area contributed by atoms with E-state index in [1.54, 1.807) is 0 Å². The highest BCUT2D eigenvalue weighted by Crippen LogP contribution is 2.42. The lowest BCUT2D eigenvalue weighted by Gasteiger charge is -2.34. The van der Waals surface area contributed by atoms with Crippen LogP contribution in [-0.4, -0.2) is 6.18 Å². The zero-order valence-electron chi connectivity index (χ0n) is 21.7. The third kappa shape index (κ3) is 5.82. The summed E-state index contributed by atoms with van der Waals surface area (Å²) in [6.07, 6.45) is 6.50. The highest BCUT2D eigenvalue weighted by Gasteiger charge is 2.28. The van der Waals surface area contributed by atoms with Crippen molar-refractivity contribution in [2.45, 2.75) is 51.1 Å². The van der Waals surface area contributed by atoms with Gasteiger partial charge in [0.15, 0.2) is 0 Å². The van der Waals surface area contributed by atoms with Crippen molar-refractivity contribution in [2.24, 2.45) is 17.8 Å². The molecule has 7 heteroatoms. The second-order valence-electron chi connectivity index (χ2n) is 10.7. The Balaban J connectivity index is 1.39. The molecular formula is C33H27F7. The number of rotatable bonds is 4. The molecule has 1 saturated carbocycles. The molecule has 3 aromatic carbocycles. The fourth-order valence-electron chi connectivity index (χ4n) is 6.16. The number of benzene rings is 3. The topological polar surface area (TPSA) is 0 Å². The van der Waals surface area contributed by atoms with E-state index in [1.165, 1.54) is 55.9 Å². The predicted molar refractivity (Wildman–Crippen MR) is 143 cm³/mol. The smallest absolute Gasteiger partial charge is 0.206 e. The first-order chi connectivity index (χ1) is 19.0. The van der Waals surface area contributed by atoms with Gasteiger partial charge in [-0.25, -0.2) is 17.6 Å². The molecule has 1 fully saturated rings. The Labute approximate surface area is 228 Å². The average Bonchev–Trinajstić information content (AvgIpc) is 2.92. The van der Waals surface area contributed by atoms with E-state index in [2.05, 4.69) is 12.7 Å². The van der Waals surface area contributed by atoms with Crippen LogP contribution < -0.4 is 0 Å². The van der Waals surface area contributed by atoms with Gasteiger partial charge in [-0.3, -0.25) is 0 Å². The summed E-state index contributed by atoms with van der Waals surface area (Å²) in [5.74, 6) is -0.0125. The van der Waals surface area contributed by atoms with Crippen LogP contribution in [0.1, 0.15) is 56.1 Å². The summed E-state index contributed by atoms with van der Waals surface area (Å²) >= 11 is 0. The summed E-state index contributed by atoms with van der Waals surface area (Å²) in [6, 6.07) is 6.96. The normalized spacial score (nSPS) is 21.5. The summed E-state index contributed by atoms with van der Waals surface area (Å²) in [5, 5.41) is -0.273. The maximum atomic E-state index is 15.3. The number of alkyl halides is 3. The van der Waals surface area contributed by atoms with Gasteiger partial charge >= 0.3 is 6.18 Å². The molecule has 1 atom stereocenters. The molecule has 2 aliphatic rings. The number of hydrogen-bond donors (Lipinski definition) is 0. The van der Waals surface area contributed by atoms with Gasteiger partial charge in [0.2, 0.25) is 0 Å². The van der Waals surface area contributed by atoms with E-state index in [-0.39, 0.29) is 21.9 Å². The van der Waals surface area contributed by atoms with Gasteiger partial charge < -0.3 is 0 Å². The van der Waals surface area contributed by atoms with Crippen molar-refractivity contribution >= 4 is 16.3 Å². The Morgan fingerprint density at radius 1 is 0.800 bits per heavy atom. The Morgan fingerprint density at radius 2 is 1.50 bits per heavy atom. The summed E-state index contributed by atoms with van der Waals surface area (Å²) in [4.78, 5) is 0. The first-order valence-corrected chi connectivity index (χ1v) is 13.4. The molecule has 0 spiro atoms. The minimum absolute atomic E-state index is 0.0507. The summed E-state index contributed by atoms with van der Waals surface area (Å²) < 4.78 is 97.0. The third-order valence-corrected chi connectivity index (χ3v) is 8.33. The van der Waals surface area contributed by atoms with E-state index < -0.39 is 35.0 Å². The van der Waals surface area contributed by atoms with Crippen molar-refractivity contribution in [3.8, 4) is 23.0 Å². The molecule has 5 rings (SSSR count). The lowest BCUT2D eigenvalue weighted by molar-refractivity contribution is -0.0696. The first kappa shape index (κ1) is 28.0. The molecule has 0 N–H and O–H groups in total. The van der Waals surface area contributed by atoms with Gasteiger partial charge in [0.05, 0.1) is 11.1 Å². The van der Waals surface area contributed by atoms with Crippen molar-refractivity contribution in [3.05, 3.63) is 89.5 Å². The molecule has 0 saturated heterocycles. The molecule has 0 bridgehead atoms. The molecule has 0 radical (unpaired) electrons. The molecule has 3 aromatic rings. The fraction of sp³-hybridized carbons (Fsp3) is 0.333. The molecular weight excluding hydrogens is 529 g/mol. The zero-order chi connectivity index (χ0) is 28.6. The van der Waals surface area contributed by atoms with Crippen LogP contribution in [0.25, 0.3) is 27.5 Å². The highest BCUT2D eigenvalue weighted by molar-refractivity contribution is 5.89. The fourth-order valence-corrected chi connectivity index (χ4v) is 6.16. The van der Waals surface area contributed by atoms with Crippen LogP contribution in [0.3, 0.4) is 0 Å². The number of hydrogen-bond acceptors (Lipinski definition) is 0.